The fourth-order valence-electron chi connectivity index (χ4n) is 3.74. The van der Waals surface area contributed by atoms with Crippen molar-refractivity contribution in [1.29, 1.82) is 5.26 Å². The van der Waals surface area contributed by atoms with E-state index < -0.39 is 0 Å². The molecule has 0 aliphatic heterocycles. The highest BCUT2D eigenvalue weighted by molar-refractivity contribution is 7.99. The molecule has 0 aliphatic carbocycles. The second-order valence-corrected chi connectivity index (χ2v) is 9.26. The van der Waals surface area contributed by atoms with E-state index in [1.54, 1.807) is 34.9 Å². The normalized spacial score (nSPS) is 11.3. The quantitative estimate of drug-likeness (QED) is 0.379. The van der Waals surface area contributed by atoms with Crippen LogP contribution in [-0.2, 0) is 11.3 Å². The van der Waals surface area contributed by atoms with Crippen molar-refractivity contribution >= 4 is 34.3 Å². The highest BCUT2D eigenvalue weighted by atomic mass is 32.2. The summed E-state index contributed by atoms with van der Waals surface area (Å²) >= 11 is 1.25. The Hall–Kier alpha value is -3.15. The van der Waals surface area contributed by atoms with Gasteiger partial charge in [-0.1, -0.05) is 23.9 Å². The molecule has 1 aromatic heterocycles. The first-order chi connectivity index (χ1) is 15.8. The molecule has 0 saturated carbocycles. The molecule has 3 aromatic rings. The van der Waals surface area contributed by atoms with E-state index in [-0.39, 0.29) is 17.2 Å². The fraction of sp³-hybridized carbons (Fsp3) is 0.360. The Morgan fingerprint density at radius 2 is 1.79 bits per heavy atom. The number of rotatable bonds is 9. The van der Waals surface area contributed by atoms with Crippen LogP contribution in [0.15, 0.2) is 58.5 Å². The van der Waals surface area contributed by atoms with Gasteiger partial charge < -0.3 is 5.32 Å². The topological polar surface area (TPSA) is 91.0 Å². The van der Waals surface area contributed by atoms with Crippen LogP contribution < -0.4 is 10.9 Å². The Kier molecular flexibility index (Phi) is 8.26. The lowest BCUT2D eigenvalue weighted by molar-refractivity contribution is -0.113. The third-order valence-corrected chi connectivity index (χ3v) is 6.34. The van der Waals surface area contributed by atoms with Crippen LogP contribution in [0.1, 0.15) is 33.3 Å². The molecule has 0 bridgehead atoms. The van der Waals surface area contributed by atoms with Crippen molar-refractivity contribution in [3.05, 3.63) is 64.4 Å². The Morgan fingerprint density at radius 1 is 1.12 bits per heavy atom. The van der Waals surface area contributed by atoms with E-state index >= 15 is 0 Å². The van der Waals surface area contributed by atoms with Gasteiger partial charge in [-0.2, -0.15) is 5.26 Å². The molecule has 1 N–H and O–H groups in total. The van der Waals surface area contributed by atoms with Gasteiger partial charge in [0.15, 0.2) is 5.16 Å². The Balaban J connectivity index is 1.81. The molecule has 0 fully saturated rings. The van der Waals surface area contributed by atoms with Gasteiger partial charge in [-0.15, -0.1) is 0 Å². The van der Waals surface area contributed by atoms with Crippen molar-refractivity contribution in [2.24, 2.45) is 0 Å². The summed E-state index contributed by atoms with van der Waals surface area (Å²) in [5.74, 6) is -0.0901. The van der Waals surface area contributed by atoms with E-state index in [0.717, 1.165) is 0 Å². The average Bonchev–Trinajstić information content (AvgIpc) is 2.79. The zero-order valence-corrected chi connectivity index (χ0v) is 20.2. The number of nitrogens with zero attached hydrogens (tertiary/aromatic N) is 4. The van der Waals surface area contributed by atoms with Crippen LogP contribution in [0.5, 0.6) is 0 Å². The number of hydrogen-bond donors (Lipinski definition) is 1. The number of thioether (sulfide) groups is 1. The van der Waals surface area contributed by atoms with Gasteiger partial charge in [-0.05, 0) is 64.1 Å². The van der Waals surface area contributed by atoms with Crippen LogP contribution in [-0.4, -0.2) is 44.7 Å². The fourth-order valence-corrected chi connectivity index (χ4v) is 4.56. The minimum Gasteiger partial charge on any atom is -0.325 e. The maximum absolute atomic E-state index is 13.3. The van der Waals surface area contributed by atoms with Crippen molar-refractivity contribution in [3.63, 3.8) is 0 Å². The summed E-state index contributed by atoms with van der Waals surface area (Å²) in [4.78, 5) is 32.8. The third kappa shape index (κ3) is 6.21. The lowest BCUT2D eigenvalue weighted by atomic mass is 10.2. The van der Waals surface area contributed by atoms with E-state index in [4.69, 9.17) is 10.2 Å². The van der Waals surface area contributed by atoms with Crippen LogP contribution in [0.4, 0.5) is 5.69 Å². The van der Waals surface area contributed by atoms with Crippen LogP contribution in [0.2, 0.25) is 0 Å². The van der Waals surface area contributed by atoms with Crippen LogP contribution in [0.25, 0.3) is 10.9 Å². The molecule has 0 radical (unpaired) electrons. The van der Waals surface area contributed by atoms with E-state index in [1.165, 1.54) is 11.8 Å². The van der Waals surface area contributed by atoms with Gasteiger partial charge in [0.25, 0.3) is 5.56 Å². The number of benzene rings is 2. The first-order valence-corrected chi connectivity index (χ1v) is 12.0. The lowest BCUT2D eigenvalue weighted by Gasteiger charge is -2.30. The van der Waals surface area contributed by atoms with Crippen LogP contribution in [0, 0.1) is 11.3 Å². The average molecular weight is 464 g/mol. The second-order valence-electron chi connectivity index (χ2n) is 8.32. The summed E-state index contributed by atoms with van der Waals surface area (Å²) in [7, 11) is 0. The standard InChI is InChI=1S/C25H29N5O2S/c1-17(2)29(18(3)4)13-14-30-24(32)21-7-5-6-8-22(21)28-25(30)33-16-23(31)27-20-11-9-19(15-26)10-12-20/h5-12,17-18H,13-14,16H2,1-4H3,(H,27,31). The number of nitriles is 1. The Bertz CT molecular complexity index is 1200. The number of aromatic nitrogens is 2. The number of carbonyl (C=O) groups is 1. The van der Waals surface area contributed by atoms with Crippen molar-refractivity contribution in [2.45, 2.75) is 51.5 Å². The van der Waals surface area contributed by atoms with E-state index in [1.807, 2.05) is 18.2 Å². The molecule has 33 heavy (non-hydrogen) atoms. The van der Waals surface area contributed by atoms with Gasteiger partial charge in [0.2, 0.25) is 5.91 Å². The van der Waals surface area contributed by atoms with Crippen molar-refractivity contribution in [3.8, 4) is 6.07 Å². The van der Waals surface area contributed by atoms with E-state index in [0.29, 0.717) is 52.5 Å². The van der Waals surface area contributed by atoms with Crippen LogP contribution >= 0.6 is 11.8 Å². The molecule has 0 saturated heterocycles. The lowest BCUT2D eigenvalue weighted by Crippen LogP contribution is -2.40. The van der Waals surface area contributed by atoms with Gasteiger partial charge >= 0.3 is 0 Å². The molecule has 7 nitrogen and oxygen atoms in total. The molecule has 8 heteroatoms. The second kappa shape index (κ2) is 11.1. The smallest absolute Gasteiger partial charge is 0.262 e. The van der Waals surface area contributed by atoms with Gasteiger partial charge in [0.1, 0.15) is 0 Å². The molecule has 1 amide bonds. The molecular formula is C25H29N5O2S. The number of fused-ring (bicyclic) bond motifs is 1. The molecule has 172 valence electrons. The molecule has 2 aromatic carbocycles. The third-order valence-electron chi connectivity index (χ3n) is 5.37. The van der Waals surface area contributed by atoms with Crippen LogP contribution in [0.3, 0.4) is 0 Å². The zero-order chi connectivity index (χ0) is 24.0. The largest absolute Gasteiger partial charge is 0.325 e. The summed E-state index contributed by atoms with van der Waals surface area (Å²) in [6.45, 7) is 9.77. The summed E-state index contributed by atoms with van der Waals surface area (Å²) in [5.41, 5.74) is 1.68. The number of hydrogen-bond acceptors (Lipinski definition) is 6. The minimum atomic E-state index is -0.204. The highest BCUT2D eigenvalue weighted by Crippen LogP contribution is 2.19. The van der Waals surface area contributed by atoms with E-state index in [2.05, 4.69) is 44.0 Å². The van der Waals surface area contributed by atoms with Crippen molar-refractivity contribution in [1.82, 2.24) is 14.5 Å². The predicted octanol–water partition coefficient (Wildman–Crippen LogP) is 4.12. The monoisotopic (exact) mass is 463 g/mol. The SMILES string of the molecule is CC(C)N(CCn1c(SCC(=O)Nc2ccc(C#N)cc2)nc2ccccc2c1=O)C(C)C. The first-order valence-electron chi connectivity index (χ1n) is 11.0. The molecular weight excluding hydrogens is 434 g/mol. The summed E-state index contributed by atoms with van der Waals surface area (Å²) in [6.07, 6.45) is 0. The van der Waals surface area contributed by atoms with Crippen molar-refractivity contribution < 1.29 is 4.79 Å². The Labute approximate surface area is 198 Å². The number of amides is 1. The molecule has 1 heterocycles. The summed E-state index contributed by atoms with van der Waals surface area (Å²) in [6, 6.07) is 16.7. The van der Waals surface area contributed by atoms with Crippen molar-refractivity contribution in [2.75, 3.05) is 17.6 Å². The highest BCUT2D eigenvalue weighted by Gasteiger charge is 2.17. The maximum atomic E-state index is 13.3. The van der Waals surface area contributed by atoms with E-state index in [9.17, 15) is 9.59 Å². The first kappa shape index (κ1) is 24.5. The zero-order valence-electron chi connectivity index (χ0n) is 19.4. The molecule has 0 aliphatic rings. The minimum absolute atomic E-state index is 0.0944. The number of para-hydroxylation sites is 1. The molecule has 0 spiro atoms. The molecule has 3 rings (SSSR count). The number of anilines is 1. The number of nitrogens with one attached hydrogen (secondary N) is 1. The van der Waals surface area contributed by atoms with Gasteiger partial charge in [0, 0.05) is 30.9 Å². The van der Waals surface area contributed by atoms with Gasteiger partial charge in [-0.3, -0.25) is 19.1 Å². The molecule has 0 unspecified atom stereocenters. The maximum Gasteiger partial charge on any atom is 0.262 e. The summed E-state index contributed by atoms with van der Waals surface area (Å²) in [5, 5.41) is 12.8. The molecule has 0 atom stereocenters. The van der Waals surface area contributed by atoms with Gasteiger partial charge in [-0.25, -0.2) is 4.98 Å². The summed E-state index contributed by atoms with van der Waals surface area (Å²) < 4.78 is 1.68. The van der Waals surface area contributed by atoms with Gasteiger partial charge in [0.05, 0.1) is 28.3 Å². The number of carbonyl (C=O) groups excluding carboxylic acids is 1. The predicted molar refractivity (Wildman–Crippen MR) is 133 cm³/mol. The Morgan fingerprint density at radius 3 is 2.42 bits per heavy atom.